The second-order valence-corrected chi connectivity index (χ2v) is 9.62. The normalized spacial score (nSPS) is 19.5. The van der Waals surface area contributed by atoms with E-state index in [0.717, 1.165) is 5.56 Å². The van der Waals surface area contributed by atoms with Crippen molar-refractivity contribution in [3.05, 3.63) is 101 Å². The van der Waals surface area contributed by atoms with Crippen molar-refractivity contribution in [3.8, 4) is 5.75 Å². The average molecular weight is 515 g/mol. The lowest BCUT2D eigenvalue weighted by molar-refractivity contribution is -0.181. The third-order valence-electron chi connectivity index (χ3n) is 7.14. The van der Waals surface area contributed by atoms with Crippen LogP contribution in [0, 0.1) is 5.82 Å². The highest BCUT2D eigenvalue weighted by atomic mass is 19.1. The van der Waals surface area contributed by atoms with Crippen LogP contribution in [0.4, 0.5) is 10.1 Å². The molecule has 3 aliphatic heterocycles. The van der Waals surface area contributed by atoms with Crippen molar-refractivity contribution >= 4 is 23.6 Å². The Morgan fingerprint density at radius 1 is 0.947 bits per heavy atom. The molecule has 2 amide bonds. The smallest absolute Gasteiger partial charge is 0.294 e. The first kappa shape index (κ1) is 24.3. The van der Waals surface area contributed by atoms with Crippen LogP contribution in [0.2, 0.25) is 0 Å². The fourth-order valence-electron chi connectivity index (χ4n) is 5.13. The maximum atomic E-state index is 13.8. The molecule has 0 bridgehead atoms. The van der Waals surface area contributed by atoms with E-state index in [0.29, 0.717) is 61.7 Å². The predicted molar refractivity (Wildman–Crippen MR) is 139 cm³/mol. The Kier molecular flexibility index (Phi) is 6.43. The molecule has 0 aliphatic carbocycles. The molecule has 3 aliphatic rings. The lowest BCUT2D eigenvalue weighted by Gasteiger charge is -2.37. The summed E-state index contributed by atoms with van der Waals surface area (Å²) in [6.07, 6.45) is 2.98. The molecule has 3 heterocycles. The first-order chi connectivity index (χ1) is 18.5. The zero-order chi connectivity index (χ0) is 26.1. The molecule has 6 rings (SSSR count). The summed E-state index contributed by atoms with van der Waals surface area (Å²) in [6.45, 7) is 2.56. The number of hydrogen-bond acceptors (Lipinski definition) is 5. The summed E-state index contributed by atoms with van der Waals surface area (Å²) < 4.78 is 31.2. The van der Waals surface area contributed by atoms with Crippen LogP contribution in [-0.2, 0) is 20.8 Å². The zero-order valence-electron chi connectivity index (χ0n) is 20.8. The molecular weight excluding hydrogens is 487 g/mol. The Morgan fingerprint density at radius 3 is 2.42 bits per heavy atom. The van der Waals surface area contributed by atoms with Gasteiger partial charge in [-0.15, -0.1) is 0 Å². The number of piperidine rings is 1. The molecule has 0 radical (unpaired) electrons. The second-order valence-electron chi connectivity index (χ2n) is 9.62. The number of benzene rings is 3. The summed E-state index contributed by atoms with van der Waals surface area (Å²) in [5.41, 5.74) is 2.59. The number of carbonyl (C=O) groups excluding carboxylic acids is 2. The first-order valence-corrected chi connectivity index (χ1v) is 12.7. The molecule has 0 unspecified atom stereocenters. The molecule has 0 aromatic heterocycles. The summed E-state index contributed by atoms with van der Waals surface area (Å²) in [7, 11) is 0. The lowest BCUT2D eigenvalue weighted by atomic mass is 10.0. The quantitative estimate of drug-likeness (QED) is 0.469. The minimum absolute atomic E-state index is 0.0442. The third kappa shape index (κ3) is 4.80. The van der Waals surface area contributed by atoms with Crippen LogP contribution in [0.1, 0.15) is 34.3 Å². The fraction of sp³-hybridized carbons (Fsp3) is 0.267. The Morgan fingerprint density at radius 2 is 1.68 bits per heavy atom. The van der Waals surface area contributed by atoms with Crippen LogP contribution in [0.3, 0.4) is 0 Å². The van der Waals surface area contributed by atoms with E-state index in [9.17, 15) is 14.0 Å². The molecule has 38 heavy (non-hydrogen) atoms. The second kappa shape index (κ2) is 10.0. The fourth-order valence-corrected chi connectivity index (χ4v) is 5.13. The summed E-state index contributed by atoms with van der Waals surface area (Å²) in [5.74, 6) is -0.563. The van der Waals surface area contributed by atoms with E-state index in [1.807, 2.05) is 17.0 Å². The van der Waals surface area contributed by atoms with Gasteiger partial charge in [-0.05, 0) is 53.6 Å². The van der Waals surface area contributed by atoms with Crippen molar-refractivity contribution in [1.82, 2.24) is 4.90 Å². The van der Waals surface area contributed by atoms with Gasteiger partial charge in [0.2, 0.25) is 0 Å². The minimum Gasteiger partial charge on any atom is -0.449 e. The molecule has 3 aromatic rings. The van der Waals surface area contributed by atoms with E-state index in [1.54, 1.807) is 59.5 Å². The molecule has 1 spiro atoms. The number of carbonyl (C=O) groups is 2. The lowest BCUT2D eigenvalue weighted by Crippen LogP contribution is -2.47. The summed E-state index contributed by atoms with van der Waals surface area (Å²) in [6, 6.07) is 20.6. The van der Waals surface area contributed by atoms with Crippen LogP contribution < -0.4 is 9.64 Å². The molecule has 8 heteroatoms. The largest absolute Gasteiger partial charge is 0.449 e. The van der Waals surface area contributed by atoms with E-state index < -0.39 is 5.79 Å². The summed E-state index contributed by atoms with van der Waals surface area (Å²) >= 11 is 0. The molecule has 3 aromatic carbocycles. The number of para-hydroxylation sites is 2. The van der Waals surface area contributed by atoms with Crippen molar-refractivity contribution in [3.63, 3.8) is 0 Å². The summed E-state index contributed by atoms with van der Waals surface area (Å²) in [5, 5.41) is 0. The molecule has 0 atom stereocenters. The number of likely N-dealkylation sites (tertiary alicyclic amines) is 1. The number of rotatable bonds is 4. The molecule has 0 N–H and O–H groups in total. The van der Waals surface area contributed by atoms with Crippen molar-refractivity contribution in [2.75, 3.05) is 31.2 Å². The molecule has 194 valence electrons. The van der Waals surface area contributed by atoms with Gasteiger partial charge in [-0.2, -0.15) is 0 Å². The van der Waals surface area contributed by atoms with Crippen LogP contribution in [0.25, 0.3) is 6.08 Å². The number of hydrogen-bond donors (Lipinski definition) is 0. The van der Waals surface area contributed by atoms with Gasteiger partial charge in [-0.3, -0.25) is 14.5 Å². The molecule has 7 nitrogen and oxygen atoms in total. The number of nitrogens with zero attached hydrogens (tertiary/aromatic N) is 2. The highest BCUT2D eigenvalue weighted by Gasteiger charge is 2.40. The van der Waals surface area contributed by atoms with Gasteiger partial charge >= 0.3 is 0 Å². The van der Waals surface area contributed by atoms with Crippen LogP contribution >= 0.6 is 0 Å². The SMILES string of the molecule is O=C(c1ccc(C=C2Oc3ccccc3N(Cc3cccc(F)c3)C2=O)cc1)N1CCC2(CC1)OCCO2. The van der Waals surface area contributed by atoms with Crippen molar-refractivity contribution in [2.24, 2.45) is 0 Å². The number of halogens is 1. The predicted octanol–water partition coefficient (Wildman–Crippen LogP) is 4.77. The first-order valence-electron chi connectivity index (χ1n) is 12.7. The Bertz CT molecular complexity index is 1390. The minimum atomic E-state index is -0.527. The topological polar surface area (TPSA) is 68.3 Å². The van der Waals surface area contributed by atoms with Gasteiger partial charge in [0.25, 0.3) is 11.8 Å². The van der Waals surface area contributed by atoms with Gasteiger partial charge in [0, 0.05) is 31.5 Å². The van der Waals surface area contributed by atoms with Gasteiger partial charge in [0.15, 0.2) is 17.3 Å². The maximum Gasteiger partial charge on any atom is 0.294 e. The van der Waals surface area contributed by atoms with Crippen LogP contribution in [0.15, 0.2) is 78.6 Å². The molecule has 2 fully saturated rings. The van der Waals surface area contributed by atoms with Crippen molar-refractivity contribution in [2.45, 2.75) is 25.2 Å². The van der Waals surface area contributed by atoms with Gasteiger partial charge in [0.05, 0.1) is 25.4 Å². The number of ether oxygens (including phenoxy) is 3. The standard InChI is InChI=1S/C30H27FN2O5/c31-24-5-3-4-22(18-24)20-33-25-6-1-2-7-26(25)38-27(29(33)35)19-21-8-10-23(11-9-21)28(34)32-14-12-30(13-15-32)36-16-17-37-30/h1-11,18-19H,12-17,20H2. The van der Waals surface area contributed by atoms with E-state index in [1.165, 1.54) is 12.1 Å². The average Bonchev–Trinajstić information content (AvgIpc) is 3.39. The number of anilines is 1. The highest BCUT2D eigenvalue weighted by molar-refractivity contribution is 6.09. The Hall–Kier alpha value is -4.01. The highest BCUT2D eigenvalue weighted by Crippen LogP contribution is 2.37. The molecule has 2 saturated heterocycles. The number of fused-ring (bicyclic) bond motifs is 1. The van der Waals surface area contributed by atoms with E-state index in [4.69, 9.17) is 14.2 Å². The maximum absolute atomic E-state index is 13.8. The zero-order valence-corrected chi connectivity index (χ0v) is 20.8. The van der Waals surface area contributed by atoms with Gasteiger partial charge < -0.3 is 19.1 Å². The van der Waals surface area contributed by atoms with Crippen LogP contribution in [0.5, 0.6) is 5.75 Å². The molecule has 0 saturated carbocycles. The van der Waals surface area contributed by atoms with Gasteiger partial charge in [-0.25, -0.2) is 4.39 Å². The van der Waals surface area contributed by atoms with E-state index in [-0.39, 0.29) is 29.9 Å². The van der Waals surface area contributed by atoms with E-state index >= 15 is 0 Å². The van der Waals surface area contributed by atoms with Crippen molar-refractivity contribution < 1.29 is 28.2 Å². The van der Waals surface area contributed by atoms with Gasteiger partial charge in [-0.1, -0.05) is 36.4 Å². The molecular formula is C30H27FN2O5. The van der Waals surface area contributed by atoms with Crippen molar-refractivity contribution in [1.29, 1.82) is 0 Å². The van der Waals surface area contributed by atoms with E-state index in [2.05, 4.69) is 0 Å². The Balaban J connectivity index is 1.19. The third-order valence-corrected chi connectivity index (χ3v) is 7.14. The Labute approximate surface area is 220 Å². The van der Waals surface area contributed by atoms with Gasteiger partial charge in [0.1, 0.15) is 5.82 Å². The number of amides is 2. The monoisotopic (exact) mass is 514 g/mol. The van der Waals surface area contributed by atoms with Crippen LogP contribution in [-0.4, -0.2) is 48.8 Å². The summed E-state index contributed by atoms with van der Waals surface area (Å²) in [4.78, 5) is 29.9.